The molecule has 2 heterocycles. The Labute approximate surface area is 130 Å². The van der Waals surface area contributed by atoms with E-state index in [0.29, 0.717) is 36.6 Å². The van der Waals surface area contributed by atoms with Crippen molar-refractivity contribution >= 4 is 21.8 Å². The van der Waals surface area contributed by atoms with Crippen molar-refractivity contribution < 1.29 is 12.8 Å². The molecule has 21 heavy (non-hydrogen) atoms. The van der Waals surface area contributed by atoms with Crippen LogP contribution in [0.15, 0.2) is 15.4 Å². The van der Waals surface area contributed by atoms with E-state index in [0.717, 1.165) is 17.9 Å². The van der Waals surface area contributed by atoms with Crippen LogP contribution in [0.3, 0.4) is 0 Å². The smallest absolute Gasteiger partial charge is 0.244 e. The molecular weight excluding hydrogens is 308 g/mol. The van der Waals surface area contributed by atoms with Crippen molar-refractivity contribution in [3.8, 4) is 0 Å². The molecule has 1 unspecified atom stereocenters. The predicted octanol–water partition coefficient (Wildman–Crippen LogP) is 1.87. The zero-order chi connectivity index (χ0) is 14.9. The number of nitrogens with one attached hydrogen (secondary N) is 2. The minimum atomic E-state index is -3.46. The average Bonchev–Trinajstić information content (AvgIpc) is 2.97. The summed E-state index contributed by atoms with van der Waals surface area (Å²) in [6, 6.07) is 2.23. The lowest BCUT2D eigenvalue weighted by Crippen LogP contribution is -2.29. The third-order valence-electron chi connectivity index (χ3n) is 3.94. The Bertz CT molecular complexity index is 587. The summed E-state index contributed by atoms with van der Waals surface area (Å²) in [5.74, 6) is 3.79. The number of hydrogen-bond donors (Lipinski definition) is 2. The van der Waals surface area contributed by atoms with Crippen LogP contribution in [0.2, 0.25) is 0 Å². The van der Waals surface area contributed by atoms with Gasteiger partial charge in [0.05, 0.1) is 6.54 Å². The van der Waals surface area contributed by atoms with Crippen molar-refractivity contribution in [2.24, 2.45) is 5.92 Å². The van der Waals surface area contributed by atoms with Crippen molar-refractivity contribution in [1.82, 2.24) is 10.0 Å². The number of furan rings is 1. The van der Waals surface area contributed by atoms with E-state index in [2.05, 4.69) is 10.0 Å². The Balaban J connectivity index is 1.62. The molecule has 1 atom stereocenters. The van der Waals surface area contributed by atoms with Gasteiger partial charge < -0.3 is 9.73 Å². The molecule has 3 rings (SSSR count). The van der Waals surface area contributed by atoms with Gasteiger partial charge in [0, 0.05) is 18.7 Å². The molecule has 7 heteroatoms. The molecule has 1 aliphatic heterocycles. The maximum absolute atomic E-state index is 12.4. The first-order chi connectivity index (χ1) is 10.0. The van der Waals surface area contributed by atoms with Crippen LogP contribution in [0.5, 0.6) is 0 Å². The Hall–Kier alpha value is -0.500. The molecule has 0 bridgehead atoms. The number of aryl methyl sites for hydroxylation is 1. The van der Waals surface area contributed by atoms with Crippen molar-refractivity contribution in [2.45, 2.75) is 43.7 Å². The van der Waals surface area contributed by atoms with Crippen LogP contribution in [0.4, 0.5) is 0 Å². The molecule has 1 saturated carbocycles. The number of hydrogen-bond acceptors (Lipinski definition) is 5. The molecule has 2 N–H and O–H groups in total. The molecule has 1 aromatic heterocycles. The zero-order valence-electron chi connectivity index (χ0n) is 12.2. The summed E-state index contributed by atoms with van der Waals surface area (Å²) in [4.78, 5) is 0.278. The fraction of sp³-hybridized carbons (Fsp3) is 0.714. The third kappa shape index (κ3) is 4.03. The molecule has 2 aliphatic rings. The molecular formula is C14H22N2O3S2. The fourth-order valence-electron chi connectivity index (χ4n) is 2.46. The van der Waals surface area contributed by atoms with Gasteiger partial charge in [-0.1, -0.05) is 0 Å². The standard InChI is InChI=1S/C14H22N2O3S2/c1-10-14(6-13(19-10)8-15-12-2-3-12)21(17,18)16-7-11-4-5-20-9-11/h6,11-12,15-16H,2-5,7-9H2,1H3. The van der Waals surface area contributed by atoms with Crippen LogP contribution in [0.1, 0.15) is 30.8 Å². The number of rotatable bonds is 7. The molecule has 1 aromatic rings. The summed E-state index contributed by atoms with van der Waals surface area (Å²) < 4.78 is 33.0. The minimum Gasteiger partial charge on any atom is -0.464 e. The lowest BCUT2D eigenvalue weighted by Gasteiger charge is -2.09. The van der Waals surface area contributed by atoms with Crippen LogP contribution in [0, 0.1) is 12.8 Å². The summed E-state index contributed by atoms with van der Waals surface area (Å²) in [5.41, 5.74) is 0. The summed E-state index contributed by atoms with van der Waals surface area (Å²) in [6.45, 7) is 2.83. The van der Waals surface area contributed by atoms with Gasteiger partial charge in [-0.15, -0.1) is 0 Å². The van der Waals surface area contributed by atoms with Gasteiger partial charge in [-0.3, -0.25) is 0 Å². The molecule has 0 amide bonds. The highest BCUT2D eigenvalue weighted by atomic mass is 32.2. The highest BCUT2D eigenvalue weighted by Crippen LogP contribution is 2.25. The lowest BCUT2D eigenvalue weighted by atomic mass is 10.1. The van der Waals surface area contributed by atoms with Gasteiger partial charge in [0.2, 0.25) is 10.0 Å². The topological polar surface area (TPSA) is 71.3 Å². The highest BCUT2D eigenvalue weighted by molar-refractivity contribution is 7.99. The Morgan fingerprint density at radius 3 is 2.86 bits per heavy atom. The summed E-state index contributed by atoms with van der Waals surface area (Å²) in [5, 5.41) is 3.33. The van der Waals surface area contributed by atoms with E-state index in [1.165, 1.54) is 12.8 Å². The first-order valence-corrected chi connectivity index (χ1v) is 10.1. The van der Waals surface area contributed by atoms with Gasteiger partial charge in [-0.05, 0) is 43.6 Å². The third-order valence-corrected chi connectivity index (χ3v) is 6.70. The van der Waals surface area contributed by atoms with E-state index in [1.54, 1.807) is 13.0 Å². The normalized spacial score (nSPS) is 22.8. The van der Waals surface area contributed by atoms with Crippen molar-refractivity contribution in [1.29, 1.82) is 0 Å². The molecule has 2 fully saturated rings. The van der Waals surface area contributed by atoms with E-state index in [1.807, 2.05) is 11.8 Å². The van der Waals surface area contributed by atoms with Crippen LogP contribution in [-0.2, 0) is 16.6 Å². The first-order valence-electron chi connectivity index (χ1n) is 7.45. The molecule has 5 nitrogen and oxygen atoms in total. The fourth-order valence-corrected chi connectivity index (χ4v) is 5.06. The quantitative estimate of drug-likeness (QED) is 0.799. The van der Waals surface area contributed by atoms with E-state index < -0.39 is 10.0 Å². The van der Waals surface area contributed by atoms with Crippen molar-refractivity contribution in [3.63, 3.8) is 0 Å². The summed E-state index contributed by atoms with van der Waals surface area (Å²) in [6.07, 6.45) is 3.49. The maximum atomic E-state index is 12.4. The van der Waals surface area contributed by atoms with Gasteiger partial charge in [-0.25, -0.2) is 13.1 Å². The zero-order valence-corrected chi connectivity index (χ0v) is 13.9. The van der Waals surface area contributed by atoms with Gasteiger partial charge in [-0.2, -0.15) is 11.8 Å². The Morgan fingerprint density at radius 1 is 1.38 bits per heavy atom. The second kappa shape index (κ2) is 6.32. The van der Waals surface area contributed by atoms with Gasteiger partial charge in [0.1, 0.15) is 16.4 Å². The van der Waals surface area contributed by atoms with Crippen LogP contribution in [0.25, 0.3) is 0 Å². The van der Waals surface area contributed by atoms with Crippen LogP contribution in [-0.4, -0.2) is 32.5 Å². The van der Waals surface area contributed by atoms with E-state index >= 15 is 0 Å². The number of sulfonamides is 1. The second-order valence-electron chi connectivity index (χ2n) is 5.87. The molecule has 1 aliphatic carbocycles. The molecule has 0 radical (unpaired) electrons. The van der Waals surface area contributed by atoms with E-state index in [9.17, 15) is 8.42 Å². The largest absolute Gasteiger partial charge is 0.464 e. The van der Waals surface area contributed by atoms with Crippen LogP contribution >= 0.6 is 11.8 Å². The van der Waals surface area contributed by atoms with Crippen molar-refractivity contribution in [3.05, 3.63) is 17.6 Å². The molecule has 0 aromatic carbocycles. The lowest BCUT2D eigenvalue weighted by molar-refractivity contribution is 0.456. The average molecular weight is 330 g/mol. The van der Waals surface area contributed by atoms with E-state index in [-0.39, 0.29) is 4.90 Å². The summed E-state index contributed by atoms with van der Waals surface area (Å²) in [7, 11) is -3.46. The Kier molecular flexibility index (Phi) is 4.63. The molecule has 1 saturated heterocycles. The highest BCUT2D eigenvalue weighted by Gasteiger charge is 2.25. The number of thioether (sulfide) groups is 1. The second-order valence-corrected chi connectivity index (χ2v) is 8.76. The molecule has 118 valence electrons. The van der Waals surface area contributed by atoms with Gasteiger partial charge in [0.15, 0.2) is 0 Å². The first kappa shape index (κ1) is 15.4. The summed E-state index contributed by atoms with van der Waals surface area (Å²) >= 11 is 1.89. The maximum Gasteiger partial charge on any atom is 0.244 e. The van der Waals surface area contributed by atoms with Gasteiger partial charge >= 0.3 is 0 Å². The monoisotopic (exact) mass is 330 g/mol. The SMILES string of the molecule is Cc1oc(CNC2CC2)cc1S(=O)(=O)NCC1CCSC1. The van der Waals surface area contributed by atoms with Crippen molar-refractivity contribution in [2.75, 3.05) is 18.1 Å². The minimum absolute atomic E-state index is 0.278. The molecule has 0 spiro atoms. The Morgan fingerprint density at radius 2 is 2.19 bits per heavy atom. The van der Waals surface area contributed by atoms with E-state index in [4.69, 9.17) is 4.42 Å². The van der Waals surface area contributed by atoms with Crippen LogP contribution < -0.4 is 10.0 Å². The predicted molar refractivity (Wildman–Crippen MR) is 83.9 cm³/mol. The van der Waals surface area contributed by atoms with Gasteiger partial charge in [0.25, 0.3) is 0 Å².